The zero-order valence-corrected chi connectivity index (χ0v) is 12.2. The molecule has 0 aliphatic heterocycles. The minimum absolute atomic E-state index is 0.237. The van der Waals surface area contributed by atoms with Crippen molar-refractivity contribution in [2.75, 3.05) is 7.11 Å². The van der Waals surface area contributed by atoms with E-state index in [9.17, 15) is 4.79 Å². The fourth-order valence-corrected chi connectivity index (χ4v) is 2.13. The number of hydrogen-bond acceptors (Lipinski definition) is 6. The highest BCUT2D eigenvalue weighted by molar-refractivity contribution is 6.31. The average molecular weight is 316 g/mol. The van der Waals surface area contributed by atoms with Crippen LogP contribution in [0.4, 0.5) is 0 Å². The maximum atomic E-state index is 10.8. The predicted molar refractivity (Wildman–Crippen MR) is 79.3 cm³/mol. The minimum atomic E-state index is 0.237. The van der Waals surface area contributed by atoms with Crippen LogP contribution in [-0.4, -0.2) is 38.4 Å². The van der Waals surface area contributed by atoms with Gasteiger partial charge >= 0.3 is 0 Å². The van der Waals surface area contributed by atoms with Gasteiger partial charge in [-0.3, -0.25) is 4.79 Å². The van der Waals surface area contributed by atoms with E-state index in [1.54, 1.807) is 24.3 Å². The third-order valence-corrected chi connectivity index (χ3v) is 3.20. The van der Waals surface area contributed by atoms with Gasteiger partial charge < -0.3 is 4.74 Å². The number of ether oxygens (including phenoxy) is 1. The molecule has 3 rings (SSSR count). The molecule has 1 aromatic carbocycles. The molecule has 110 valence electrons. The number of methoxy groups -OCH3 is 1. The van der Waals surface area contributed by atoms with E-state index in [1.807, 2.05) is 0 Å². The summed E-state index contributed by atoms with van der Waals surface area (Å²) in [7, 11) is 1.53. The van der Waals surface area contributed by atoms with Crippen LogP contribution in [0.15, 0.2) is 36.8 Å². The van der Waals surface area contributed by atoms with Crippen LogP contribution in [0, 0.1) is 0 Å². The summed E-state index contributed by atoms with van der Waals surface area (Å²) in [6.45, 7) is 0. The van der Waals surface area contributed by atoms with Crippen LogP contribution >= 0.6 is 11.6 Å². The number of aromatic nitrogens is 5. The Hall–Kier alpha value is -2.80. The molecule has 0 atom stereocenters. The normalized spacial score (nSPS) is 10.5. The van der Waals surface area contributed by atoms with Crippen molar-refractivity contribution in [2.24, 2.45) is 0 Å². The van der Waals surface area contributed by atoms with Gasteiger partial charge in [-0.2, -0.15) is 0 Å². The van der Waals surface area contributed by atoms with Gasteiger partial charge in [0.05, 0.1) is 24.7 Å². The first-order valence-corrected chi connectivity index (χ1v) is 6.63. The monoisotopic (exact) mass is 315 g/mol. The summed E-state index contributed by atoms with van der Waals surface area (Å²) in [6.07, 6.45) is 3.56. The van der Waals surface area contributed by atoms with Gasteiger partial charge in [-0.05, 0) is 18.2 Å². The lowest BCUT2D eigenvalue weighted by atomic mass is 10.1. The molecule has 0 unspecified atom stereocenters. The first kappa shape index (κ1) is 14.2. The van der Waals surface area contributed by atoms with E-state index in [-0.39, 0.29) is 5.69 Å². The molecule has 0 amide bonds. The van der Waals surface area contributed by atoms with Crippen molar-refractivity contribution in [3.8, 4) is 22.8 Å². The highest BCUT2D eigenvalue weighted by Gasteiger charge is 2.12. The Morgan fingerprint density at radius 2 is 2.14 bits per heavy atom. The molecule has 3 aromatic rings. The minimum Gasteiger partial charge on any atom is -0.481 e. The first-order chi connectivity index (χ1) is 10.7. The Morgan fingerprint density at radius 1 is 1.27 bits per heavy atom. The molecule has 0 bridgehead atoms. The lowest BCUT2D eigenvalue weighted by Gasteiger charge is -2.09. The molecule has 0 saturated heterocycles. The quantitative estimate of drug-likeness (QED) is 0.686. The predicted octanol–water partition coefficient (Wildman–Crippen LogP) is 2.20. The summed E-state index contributed by atoms with van der Waals surface area (Å²) >= 11 is 6.08. The lowest BCUT2D eigenvalue weighted by molar-refractivity contribution is 0.111. The molecule has 0 radical (unpaired) electrons. The number of rotatable bonds is 4. The first-order valence-electron chi connectivity index (χ1n) is 6.25. The largest absolute Gasteiger partial charge is 0.481 e. The molecule has 0 fully saturated rings. The summed E-state index contributed by atoms with van der Waals surface area (Å²) in [4.78, 5) is 19.0. The standard InChI is InChI=1S/C14H10ClN5O2/c1-22-14-5-12(16-8-17-14)11-4-9(15)2-3-13(11)20-6-10(7-21)18-19-20/h2-8H,1H3. The zero-order valence-electron chi connectivity index (χ0n) is 11.5. The second kappa shape index (κ2) is 5.90. The SMILES string of the molecule is COc1cc(-c2cc(Cl)ccc2-n2cc(C=O)nn2)ncn1. The summed E-state index contributed by atoms with van der Waals surface area (Å²) in [5.74, 6) is 0.433. The van der Waals surface area contributed by atoms with Gasteiger partial charge in [-0.25, -0.2) is 14.6 Å². The Kier molecular flexibility index (Phi) is 3.80. The van der Waals surface area contributed by atoms with E-state index in [1.165, 1.54) is 24.3 Å². The zero-order chi connectivity index (χ0) is 15.5. The molecule has 2 heterocycles. The Morgan fingerprint density at radius 3 is 2.86 bits per heavy atom. The third kappa shape index (κ3) is 2.66. The topological polar surface area (TPSA) is 82.8 Å². The highest BCUT2D eigenvalue weighted by atomic mass is 35.5. The molecule has 8 heteroatoms. The van der Waals surface area contributed by atoms with Gasteiger partial charge in [0.25, 0.3) is 0 Å². The molecule has 0 aliphatic rings. The number of aldehydes is 1. The van der Waals surface area contributed by atoms with Crippen LogP contribution in [-0.2, 0) is 0 Å². The van der Waals surface area contributed by atoms with Crippen molar-refractivity contribution in [3.05, 3.63) is 47.5 Å². The van der Waals surface area contributed by atoms with Crippen molar-refractivity contribution >= 4 is 17.9 Å². The molecule has 0 saturated carbocycles. The van der Waals surface area contributed by atoms with Gasteiger partial charge in [-0.1, -0.05) is 16.8 Å². The van der Waals surface area contributed by atoms with Crippen molar-refractivity contribution in [1.29, 1.82) is 0 Å². The van der Waals surface area contributed by atoms with Gasteiger partial charge in [0.15, 0.2) is 6.29 Å². The van der Waals surface area contributed by atoms with Crippen LogP contribution in [0.2, 0.25) is 5.02 Å². The number of nitrogens with zero attached hydrogens (tertiary/aromatic N) is 5. The number of carbonyl (C=O) groups is 1. The smallest absolute Gasteiger partial charge is 0.216 e. The summed E-state index contributed by atoms with van der Waals surface area (Å²) in [5.41, 5.74) is 2.26. The van der Waals surface area contributed by atoms with Gasteiger partial charge in [0, 0.05) is 16.7 Å². The van der Waals surface area contributed by atoms with E-state index < -0.39 is 0 Å². The van der Waals surface area contributed by atoms with E-state index in [2.05, 4.69) is 20.3 Å². The Labute approximate surface area is 130 Å². The van der Waals surface area contributed by atoms with Crippen LogP contribution in [0.25, 0.3) is 16.9 Å². The van der Waals surface area contributed by atoms with Crippen molar-refractivity contribution < 1.29 is 9.53 Å². The molecule has 0 N–H and O–H groups in total. The fourth-order valence-electron chi connectivity index (χ4n) is 1.96. The van der Waals surface area contributed by atoms with Crippen LogP contribution in [0.3, 0.4) is 0 Å². The van der Waals surface area contributed by atoms with Crippen LogP contribution in [0.5, 0.6) is 5.88 Å². The van der Waals surface area contributed by atoms with Crippen LogP contribution in [0.1, 0.15) is 10.5 Å². The summed E-state index contributed by atoms with van der Waals surface area (Å²) < 4.78 is 6.60. The molecule has 2 aromatic heterocycles. The van der Waals surface area contributed by atoms with Gasteiger partial charge in [0.1, 0.15) is 12.0 Å². The number of benzene rings is 1. The maximum Gasteiger partial charge on any atom is 0.216 e. The van der Waals surface area contributed by atoms with Gasteiger partial charge in [-0.15, -0.1) is 5.10 Å². The number of hydrogen-bond donors (Lipinski definition) is 0. The molecule has 22 heavy (non-hydrogen) atoms. The number of carbonyl (C=O) groups excluding carboxylic acids is 1. The summed E-state index contributed by atoms with van der Waals surface area (Å²) in [5, 5.41) is 8.24. The lowest BCUT2D eigenvalue weighted by Crippen LogP contribution is -2.00. The van der Waals surface area contributed by atoms with Gasteiger partial charge in [0.2, 0.25) is 5.88 Å². The highest BCUT2D eigenvalue weighted by Crippen LogP contribution is 2.29. The Bertz CT molecular complexity index is 834. The van der Waals surface area contributed by atoms with Crippen molar-refractivity contribution in [1.82, 2.24) is 25.0 Å². The fraction of sp³-hybridized carbons (Fsp3) is 0.0714. The van der Waals surface area contributed by atoms with Crippen molar-refractivity contribution in [2.45, 2.75) is 0 Å². The van der Waals surface area contributed by atoms with E-state index >= 15 is 0 Å². The molecular formula is C14H10ClN5O2. The maximum absolute atomic E-state index is 10.8. The van der Waals surface area contributed by atoms with E-state index in [4.69, 9.17) is 16.3 Å². The molecular weight excluding hydrogens is 306 g/mol. The molecule has 7 nitrogen and oxygen atoms in total. The second-order valence-electron chi connectivity index (χ2n) is 4.31. The van der Waals surface area contributed by atoms with Crippen molar-refractivity contribution in [3.63, 3.8) is 0 Å². The second-order valence-corrected chi connectivity index (χ2v) is 4.75. The molecule has 0 aliphatic carbocycles. The van der Waals surface area contributed by atoms with E-state index in [0.29, 0.717) is 28.6 Å². The molecule has 0 spiro atoms. The third-order valence-electron chi connectivity index (χ3n) is 2.96. The Balaban J connectivity index is 2.17. The van der Waals surface area contributed by atoms with Crippen LogP contribution < -0.4 is 4.74 Å². The van der Waals surface area contributed by atoms with E-state index in [0.717, 1.165) is 5.56 Å². The average Bonchev–Trinajstić information content (AvgIpc) is 3.03. The number of halogens is 1. The summed E-state index contributed by atoms with van der Waals surface area (Å²) in [6, 6.07) is 6.93.